The minimum absolute atomic E-state index is 0.00340. The van der Waals surface area contributed by atoms with Crippen LogP contribution >= 0.6 is 0 Å². The van der Waals surface area contributed by atoms with Crippen molar-refractivity contribution in [3.8, 4) is 11.5 Å². The number of nitrogens with one attached hydrogen (secondary N) is 2. The molecule has 32 heavy (non-hydrogen) atoms. The van der Waals surface area contributed by atoms with E-state index in [9.17, 15) is 14.4 Å². The van der Waals surface area contributed by atoms with E-state index < -0.39 is 0 Å². The summed E-state index contributed by atoms with van der Waals surface area (Å²) < 4.78 is 15.9. The number of hydrogen-bond acceptors (Lipinski definition) is 6. The predicted octanol–water partition coefficient (Wildman–Crippen LogP) is 3.09. The van der Waals surface area contributed by atoms with E-state index in [1.54, 1.807) is 49.6 Å². The Balaban J connectivity index is 1.24. The number of amides is 2. The zero-order valence-electron chi connectivity index (χ0n) is 17.8. The van der Waals surface area contributed by atoms with Crippen molar-refractivity contribution in [3.05, 3.63) is 48.0 Å². The first-order valence-electron chi connectivity index (χ1n) is 10.6. The number of methoxy groups -OCH3 is 2. The SMILES string of the molecule is COc1ccc(NC(=O)c2ccc(NC(=O)[C@@H]3[C@@H]4C[C@@H]5[C@@H]3C(=O)O[C@@H]5C4)cc2)c(OC)c1. The molecule has 0 aromatic heterocycles. The normalized spacial score (nSPS) is 27.1. The molecule has 0 radical (unpaired) electrons. The molecule has 5 atom stereocenters. The number of anilines is 2. The van der Waals surface area contributed by atoms with Gasteiger partial charge in [0.2, 0.25) is 5.91 Å². The van der Waals surface area contributed by atoms with Gasteiger partial charge in [0.1, 0.15) is 17.6 Å². The van der Waals surface area contributed by atoms with Crippen molar-refractivity contribution in [2.24, 2.45) is 23.7 Å². The van der Waals surface area contributed by atoms with Crippen LogP contribution in [0.15, 0.2) is 42.5 Å². The second-order valence-corrected chi connectivity index (χ2v) is 8.51. The largest absolute Gasteiger partial charge is 0.497 e. The number of benzene rings is 2. The Bertz CT molecular complexity index is 1080. The Hall–Kier alpha value is -3.55. The lowest BCUT2D eigenvalue weighted by atomic mass is 9.79. The van der Waals surface area contributed by atoms with Gasteiger partial charge < -0.3 is 24.8 Å². The first-order valence-corrected chi connectivity index (χ1v) is 10.6. The van der Waals surface area contributed by atoms with Crippen molar-refractivity contribution in [2.45, 2.75) is 18.9 Å². The third kappa shape index (κ3) is 3.36. The van der Waals surface area contributed by atoms with Gasteiger partial charge in [-0.25, -0.2) is 0 Å². The van der Waals surface area contributed by atoms with Crippen molar-refractivity contribution in [3.63, 3.8) is 0 Å². The lowest BCUT2D eigenvalue weighted by Gasteiger charge is -2.23. The first-order chi connectivity index (χ1) is 15.5. The zero-order chi connectivity index (χ0) is 22.4. The van der Waals surface area contributed by atoms with Crippen molar-refractivity contribution in [1.29, 1.82) is 0 Å². The van der Waals surface area contributed by atoms with Crippen molar-refractivity contribution >= 4 is 29.2 Å². The number of esters is 1. The molecule has 2 N–H and O–H groups in total. The minimum Gasteiger partial charge on any atom is -0.497 e. The molecule has 2 aromatic carbocycles. The van der Waals surface area contributed by atoms with Crippen LogP contribution in [0.4, 0.5) is 11.4 Å². The van der Waals surface area contributed by atoms with Gasteiger partial charge in [-0.05, 0) is 55.2 Å². The van der Waals surface area contributed by atoms with Crippen molar-refractivity contribution in [1.82, 2.24) is 0 Å². The molecule has 3 aliphatic rings. The fourth-order valence-electron chi connectivity index (χ4n) is 5.39. The number of ether oxygens (including phenoxy) is 3. The number of hydrogen-bond donors (Lipinski definition) is 2. The molecular formula is C24H24N2O6. The highest BCUT2D eigenvalue weighted by Crippen LogP contribution is 2.57. The summed E-state index contributed by atoms with van der Waals surface area (Å²) in [5, 5.41) is 5.72. The Morgan fingerprint density at radius 2 is 1.78 bits per heavy atom. The molecule has 2 aromatic rings. The average Bonchev–Trinajstić information content (AvgIpc) is 3.42. The number of fused-ring (bicyclic) bond motifs is 1. The summed E-state index contributed by atoms with van der Waals surface area (Å²) in [7, 11) is 3.07. The Kier molecular flexibility index (Phi) is 5.00. The number of carbonyl (C=O) groups is 3. The summed E-state index contributed by atoms with van der Waals surface area (Å²) in [5.74, 6) is 0.146. The lowest BCUT2D eigenvalue weighted by Crippen LogP contribution is -2.35. The highest BCUT2D eigenvalue weighted by Gasteiger charge is 2.63. The molecular weight excluding hydrogens is 412 g/mol. The topological polar surface area (TPSA) is 103 Å². The Labute approximate surface area is 185 Å². The van der Waals surface area contributed by atoms with E-state index in [2.05, 4.69) is 10.6 Å². The van der Waals surface area contributed by atoms with Crippen LogP contribution in [0.3, 0.4) is 0 Å². The summed E-state index contributed by atoms with van der Waals surface area (Å²) in [6.07, 6.45) is 1.66. The van der Waals surface area contributed by atoms with Crippen molar-refractivity contribution < 1.29 is 28.6 Å². The molecule has 1 saturated heterocycles. The Morgan fingerprint density at radius 3 is 2.50 bits per heavy atom. The van der Waals surface area contributed by atoms with E-state index in [0.29, 0.717) is 28.4 Å². The highest BCUT2D eigenvalue weighted by molar-refractivity contribution is 6.05. The monoisotopic (exact) mass is 436 g/mol. The fourth-order valence-corrected chi connectivity index (χ4v) is 5.39. The molecule has 0 unspecified atom stereocenters. The zero-order valence-corrected chi connectivity index (χ0v) is 17.8. The van der Waals surface area contributed by atoms with E-state index in [1.165, 1.54) is 7.11 Å². The molecule has 2 aliphatic carbocycles. The molecule has 2 saturated carbocycles. The van der Waals surface area contributed by atoms with Crippen LogP contribution in [0, 0.1) is 23.7 Å². The summed E-state index contributed by atoms with van der Waals surface area (Å²) >= 11 is 0. The van der Waals surface area contributed by atoms with Crippen LogP contribution in [0.5, 0.6) is 11.5 Å². The second-order valence-electron chi connectivity index (χ2n) is 8.51. The van der Waals surface area contributed by atoms with Gasteiger partial charge in [-0.3, -0.25) is 14.4 Å². The average molecular weight is 436 g/mol. The van der Waals surface area contributed by atoms with Crippen LogP contribution in [-0.4, -0.2) is 38.1 Å². The van der Waals surface area contributed by atoms with E-state index in [1.807, 2.05) is 0 Å². The van der Waals surface area contributed by atoms with Gasteiger partial charge in [0, 0.05) is 23.2 Å². The quantitative estimate of drug-likeness (QED) is 0.675. The molecule has 166 valence electrons. The van der Waals surface area contributed by atoms with Gasteiger partial charge in [0.15, 0.2) is 0 Å². The van der Waals surface area contributed by atoms with E-state index >= 15 is 0 Å². The molecule has 2 amide bonds. The third-order valence-corrected chi connectivity index (χ3v) is 6.86. The maximum atomic E-state index is 12.9. The van der Waals surface area contributed by atoms with Gasteiger partial charge in [-0.2, -0.15) is 0 Å². The predicted molar refractivity (Wildman–Crippen MR) is 116 cm³/mol. The van der Waals surface area contributed by atoms with Crippen LogP contribution in [0.25, 0.3) is 0 Å². The third-order valence-electron chi connectivity index (χ3n) is 6.86. The van der Waals surface area contributed by atoms with E-state index in [4.69, 9.17) is 14.2 Å². The molecule has 1 heterocycles. The molecule has 3 fully saturated rings. The van der Waals surface area contributed by atoms with Crippen LogP contribution in [-0.2, 0) is 14.3 Å². The minimum atomic E-state index is -0.336. The number of carbonyl (C=O) groups excluding carboxylic acids is 3. The van der Waals surface area contributed by atoms with Gasteiger partial charge in [-0.1, -0.05) is 0 Å². The van der Waals surface area contributed by atoms with E-state index in [0.717, 1.165) is 12.8 Å². The Morgan fingerprint density at radius 1 is 1.00 bits per heavy atom. The van der Waals surface area contributed by atoms with Crippen LogP contribution < -0.4 is 20.1 Å². The smallest absolute Gasteiger partial charge is 0.310 e. The summed E-state index contributed by atoms with van der Waals surface area (Å²) in [6, 6.07) is 11.8. The first kappa shape index (κ1) is 20.4. The molecule has 1 aliphatic heterocycles. The molecule has 5 rings (SSSR count). The number of rotatable bonds is 6. The van der Waals surface area contributed by atoms with Gasteiger partial charge in [-0.15, -0.1) is 0 Å². The molecule has 2 bridgehead atoms. The summed E-state index contributed by atoms with van der Waals surface area (Å²) in [5.41, 5.74) is 1.54. The van der Waals surface area contributed by atoms with Crippen molar-refractivity contribution in [2.75, 3.05) is 24.9 Å². The maximum Gasteiger partial charge on any atom is 0.310 e. The summed E-state index contributed by atoms with van der Waals surface area (Å²) in [6.45, 7) is 0. The lowest BCUT2D eigenvalue weighted by molar-refractivity contribution is -0.145. The molecule has 0 spiro atoms. The van der Waals surface area contributed by atoms with Crippen LogP contribution in [0.2, 0.25) is 0 Å². The molecule has 8 nitrogen and oxygen atoms in total. The van der Waals surface area contributed by atoms with Gasteiger partial charge in [0.05, 0.1) is 31.7 Å². The van der Waals surface area contributed by atoms with E-state index in [-0.39, 0.29) is 47.6 Å². The summed E-state index contributed by atoms with van der Waals surface area (Å²) in [4.78, 5) is 37.7. The van der Waals surface area contributed by atoms with Crippen LogP contribution in [0.1, 0.15) is 23.2 Å². The highest BCUT2D eigenvalue weighted by atomic mass is 16.6. The van der Waals surface area contributed by atoms with Gasteiger partial charge in [0.25, 0.3) is 5.91 Å². The fraction of sp³-hybridized carbons (Fsp3) is 0.375. The maximum absolute atomic E-state index is 12.9. The van der Waals surface area contributed by atoms with Gasteiger partial charge >= 0.3 is 5.97 Å². The standard InChI is InChI=1S/C24H24N2O6/c1-30-15-7-8-17(19(11-15)31-2)26-22(27)12-3-5-14(6-4-12)25-23(28)20-13-9-16-18(10-13)32-24(29)21(16)20/h3-8,11,13,16,18,20-21H,9-10H2,1-2H3,(H,25,28)(H,26,27)/t13-,16+,18-,20-,21+/m1/s1. The molecule has 8 heteroatoms. The second kappa shape index (κ2) is 7.85.